The van der Waals surface area contributed by atoms with E-state index in [9.17, 15) is 8.42 Å². The highest BCUT2D eigenvalue weighted by atomic mass is 32.2. The molecule has 1 aromatic carbocycles. The number of nitrogens with zero attached hydrogens (tertiary/aromatic N) is 2. The van der Waals surface area contributed by atoms with Crippen molar-refractivity contribution in [1.29, 1.82) is 0 Å². The van der Waals surface area contributed by atoms with Crippen LogP contribution in [-0.4, -0.2) is 24.9 Å². The molecule has 0 unspecified atom stereocenters. The first kappa shape index (κ1) is 14.5. The van der Waals surface area contributed by atoms with Crippen LogP contribution in [0.4, 0.5) is 5.69 Å². The van der Waals surface area contributed by atoms with Gasteiger partial charge in [0.1, 0.15) is 5.76 Å². The van der Waals surface area contributed by atoms with E-state index in [1.807, 2.05) is 0 Å². The number of nitrogen functional groups attached to an aromatic ring is 1. The lowest BCUT2D eigenvalue weighted by Crippen LogP contribution is -2.27. The molecule has 0 aliphatic heterocycles. The highest BCUT2D eigenvalue weighted by Crippen LogP contribution is 2.14. The first-order chi connectivity index (χ1) is 9.37. The molecule has 108 valence electrons. The van der Waals surface area contributed by atoms with E-state index in [1.54, 1.807) is 37.3 Å². The van der Waals surface area contributed by atoms with Crippen LogP contribution in [0.25, 0.3) is 0 Å². The summed E-state index contributed by atoms with van der Waals surface area (Å²) < 4.78 is 30.7. The van der Waals surface area contributed by atoms with E-state index >= 15 is 0 Å². The lowest BCUT2D eigenvalue weighted by Gasteiger charge is -2.15. The van der Waals surface area contributed by atoms with Gasteiger partial charge in [0.05, 0.1) is 18.0 Å². The Kier molecular flexibility index (Phi) is 4.10. The van der Waals surface area contributed by atoms with E-state index in [-0.39, 0.29) is 12.3 Å². The van der Waals surface area contributed by atoms with E-state index in [0.717, 1.165) is 0 Å². The number of nitrogens with two attached hydrogens (primary N) is 1. The van der Waals surface area contributed by atoms with Crippen LogP contribution in [0.15, 0.2) is 34.9 Å². The Hall–Kier alpha value is -1.86. The molecule has 0 amide bonds. The number of aromatic nitrogens is 1. The molecule has 0 saturated carbocycles. The van der Waals surface area contributed by atoms with Crippen molar-refractivity contribution in [2.24, 2.45) is 0 Å². The molecule has 2 N–H and O–H groups in total. The molecular weight excluding hydrogens is 278 g/mol. The maximum atomic E-state index is 12.2. The van der Waals surface area contributed by atoms with Gasteiger partial charge in [-0.2, -0.15) is 4.31 Å². The van der Waals surface area contributed by atoms with Crippen LogP contribution in [0.3, 0.4) is 0 Å². The summed E-state index contributed by atoms with van der Waals surface area (Å²) in [6, 6.07) is 8.51. The number of hydrogen-bond donors (Lipinski definition) is 1. The second-order valence-electron chi connectivity index (χ2n) is 4.68. The SMILES string of the molecule is Cc1cc(CN(C)S(=O)(=O)Cc2ccc(N)cc2)no1. The molecule has 0 aliphatic rings. The Balaban J connectivity index is 2.07. The average Bonchev–Trinajstić information content (AvgIpc) is 2.77. The maximum absolute atomic E-state index is 12.2. The van der Waals surface area contributed by atoms with Crippen LogP contribution in [0.1, 0.15) is 17.0 Å². The van der Waals surface area contributed by atoms with Gasteiger partial charge in [-0.05, 0) is 24.6 Å². The second-order valence-corrected chi connectivity index (χ2v) is 6.76. The van der Waals surface area contributed by atoms with Gasteiger partial charge >= 0.3 is 0 Å². The van der Waals surface area contributed by atoms with Crippen LogP contribution in [0.5, 0.6) is 0 Å². The zero-order chi connectivity index (χ0) is 14.8. The van der Waals surface area contributed by atoms with E-state index in [4.69, 9.17) is 10.3 Å². The fourth-order valence-corrected chi connectivity index (χ4v) is 2.92. The fourth-order valence-electron chi connectivity index (χ4n) is 1.75. The molecule has 0 fully saturated rings. The maximum Gasteiger partial charge on any atom is 0.218 e. The van der Waals surface area contributed by atoms with Crippen molar-refractivity contribution in [2.45, 2.75) is 19.2 Å². The molecule has 1 heterocycles. The minimum Gasteiger partial charge on any atom is -0.399 e. The van der Waals surface area contributed by atoms with Gasteiger partial charge in [-0.25, -0.2) is 8.42 Å². The van der Waals surface area contributed by atoms with E-state index in [0.29, 0.717) is 22.7 Å². The molecule has 0 radical (unpaired) electrons. The lowest BCUT2D eigenvalue weighted by atomic mass is 10.2. The van der Waals surface area contributed by atoms with Crippen LogP contribution in [-0.2, 0) is 22.3 Å². The van der Waals surface area contributed by atoms with Crippen molar-refractivity contribution in [3.05, 3.63) is 47.3 Å². The summed E-state index contributed by atoms with van der Waals surface area (Å²) >= 11 is 0. The van der Waals surface area contributed by atoms with Gasteiger partial charge in [-0.15, -0.1) is 0 Å². The van der Waals surface area contributed by atoms with Crippen LogP contribution in [0, 0.1) is 6.92 Å². The molecule has 0 bridgehead atoms. The third-order valence-electron chi connectivity index (χ3n) is 2.87. The monoisotopic (exact) mass is 295 g/mol. The predicted molar refractivity (Wildman–Crippen MR) is 76.2 cm³/mol. The Morgan fingerprint density at radius 1 is 1.30 bits per heavy atom. The first-order valence-electron chi connectivity index (χ1n) is 6.07. The van der Waals surface area contributed by atoms with Crippen molar-refractivity contribution >= 4 is 15.7 Å². The van der Waals surface area contributed by atoms with Crippen LogP contribution in [0.2, 0.25) is 0 Å². The Bertz CT molecular complexity index is 677. The normalized spacial score (nSPS) is 11.9. The van der Waals surface area contributed by atoms with Gasteiger partial charge in [0.25, 0.3) is 0 Å². The minimum atomic E-state index is -3.40. The molecule has 0 atom stereocenters. The van der Waals surface area contributed by atoms with Crippen LogP contribution < -0.4 is 5.73 Å². The largest absolute Gasteiger partial charge is 0.399 e. The molecule has 20 heavy (non-hydrogen) atoms. The first-order valence-corrected chi connectivity index (χ1v) is 7.68. The van der Waals surface area contributed by atoms with Crippen molar-refractivity contribution < 1.29 is 12.9 Å². The van der Waals surface area contributed by atoms with Crippen molar-refractivity contribution in [1.82, 2.24) is 9.46 Å². The molecular formula is C13H17N3O3S. The molecule has 0 aliphatic carbocycles. The molecule has 2 aromatic rings. The van der Waals surface area contributed by atoms with Gasteiger partial charge in [-0.1, -0.05) is 17.3 Å². The fraction of sp³-hybridized carbons (Fsp3) is 0.308. The number of anilines is 1. The summed E-state index contributed by atoms with van der Waals surface area (Å²) in [6.45, 7) is 1.95. The molecule has 0 saturated heterocycles. The van der Waals surface area contributed by atoms with Gasteiger partial charge in [0.15, 0.2) is 0 Å². The van der Waals surface area contributed by atoms with E-state index in [1.165, 1.54) is 11.4 Å². The van der Waals surface area contributed by atoms with E-state index < -0.39 is 10.0 Å². The van der Waals surface area contributed by atoms with Gasteiger partial charge in [-0.3, -0.25) is 0 Å². The molecule has 2 rings (SSSR count). The highest BCUT2D eigenvalue weighted by Gasteiger charge is 2.20. The Morgan fingerprint density at radius 2 is 1.95 bits per heavy atom. The molecule has 0 spiro atoms. The standard InChI is InChI=1S/C13H17N3O3S/c1-10-7-13(15-19-10)8-16(2)20(17,18)9-11-3-5-12(14)6-4-11/h3-7H,8-9,14H2,1-2H3. The quantitative estimate of drug-likeness (QED) is 0.845. The van der Waals surface area contributed by atoms with Crippen molar-refractivity contribution in [3.8, 4) is 0 Å². The summed E-state index contributed by atoms with van der Waals surface area (Å²) in [5, 5.41) is 3.79. The summed E-state index contributed by atoms with van der Waals surface area (Å²) in [7, 11) is -1.88. The number of aryl methyl sites for hydroxylation is 1. The Labute approximate surface area is 118 Å². The summed E-state index contributed by atoms with van der Waals surface area (Å²) in [4.78, 5) is 0. The zero-order valence-electron chi connectivity index (χ0n) is 11.4. The second kappa shape index (κ2) is 5.64. The van der Waals surface area contributed by atoms with Gasteiger partial charge in [0, 0.05) is 18.8 Å². The number of benzene rings is 1. The average molecular weight is 295 g/mol. The lowest BCUT2D eigenvalue weighted by molar-refractivity contribution is 0.378. The third kappa shape index (κ3) is 3.58. The number of rotatable bonds is 5. The number of sulfonamides is 1. The molecule has 6 nitrogen and oxygen atoms in total. The summed E-state index contributed by atoms with van der Waals surface area (Å²) in [6.07, 6.45) is 0. The third-order valence-corrected chi connectivity index (χ3v) is 4.64. The van der Waals surface area contributed by atoms with E-state index in [2.05, 4.69) is 5.16 Å². The highest BCUT2D eigenvalue weighted by molar-refractivity contribution is 7.88. The van der Waals surface area contributed by atoms with Gasteiger partial charge in [0.2, 0.25) is 10.0 Å². The summed E-state index contributed by atoms with van der Waals surface area (Å²) in [5.41, 5.74) is 7.47. The Morgan fingerprint density at radius 3 is 2.50 bits per heavy atom. The summed E-state index contributed by atoms with van der Waals surface area (Å²) in [5.74, 6) is 0.588. The predicted octanol–water partition coefficient (Wildman–Crippen LogP) is 1.53. The topological polar surface area (TPSA) is 89.4 Å². The van der Waals surface area contributed by atoms with Crippen LogP contribution >= 0.6 is 0 Å². The van der Waals surface area contributed by atoms with Crippen molar-refractivity contribution in [2.75, 3.05) is 12.8 Å². The smallest absolute Gasteiger partial charge is 0.218 e. The minimum absolute atomic E-state index is 0.0688. The van der Waals surface area contributed by atoms with Crippen molar-refractivity contribution in [3.63, 3.8) is 0 Å². The number of hydrogen-bond acceptors (Lipinski definition) is 5. The zero-order valence-corrected chi connectivity index (χ0v) is 12.2. The molecule has 7 heteroatoms. The van der Waals surface area contributed by atoms with Gasteiger partial charge < -0.3 is 10.3 Å². The molecule has 1 aromatic heterocycles.